The van der Waals surface area contributed by atoms with E-state index in [0.717, 1.165) is 13.1 Å². The summed E-state index contributed by atoms with van der Waals surface area (Å²) in [6.45, 7) is 9.91. The second-order valence-electron chi connectivity index (χ2n) is 7.24. The number of benzene rings is 1. The second-order valence-corrected chi connectivity index (χ2v) is 7.65. The Balaban J connectivity index is 2.10. The standard InChI is InChI=1S/C18H27ClN2O2/c1-12(13-7-9-20-10-8-13)14-5-6-15(19)16(11-14)21-17(22)23-18(2,3)4/h5-6,11-13,20H,7-10H2,1-4H3,(H,21,22). The molecule has 1 heterocycles. The smallest absolute Gasteiger partial charge is 0.412 e. The van der Waals surface area contributed by atoms with Gasteiger partial charge in [0.15, 0.2) is 0 Å². The molecule has 1 saturated heterocycles. The molecule has 1 atom stereocenters. The summed E-state index contributed by atoms with van der Waals surface area (Å²) in [5.74, 6) is 1.10. The van der Waals surface area contributed by atoms with Gasteiger partial charge in [0.05, 0.1) is 10.7 Å². The fourth-order valence-electron chi connectivity index (χ4n) is 2.95. The van der Waals surface area contributed by atoms with Crippen molar-refractivity contribution in [2.45, 2.75) is 52.1 Å². The van der Waals surface area contributed by atoms with Crippen molar-refractivity contribution in [3.05, 3.63) is 28.8 Å². The lowest BCUT2D eigenvalue weighted by molar-refractivity contribution is 0.0636. The molecule has 0 aliphatic carbocycles. The number of hydrogen-bond donors (Lipinski definition) is 2. The first-order valence-corrected chi connectivity index (χ1v) is 8.64. The Morgan fingerprint density at radius 1 is 1.35 bits per heavy atom. The Morgan fingerprint density at radius 3 is 2.61 bits per heavy atom. The van der Waals surface area contributed by atoms with Gasteiger partial charge in [0.2, 0.25) is 0 Å². The Bertz CT molecular complexity index is 548. The van der Waals surface area contributed by atoms with E-state index in [0.29, 0.717) is 22.5 Å². The third-order valence-electron chi connectivity index (χ3n) is 4.24. The van der Waals surface area contributed by atoms with Crippen molar-refractivity contribution in [3.8, 4) is 0 Å². The minimum absolute atomic E-state index is 0.438. The minimum Gasteiger partial charge on any atom is -0.444 e. The van der Waals surface area contributed by atoms with Crippen LogP contribution in [0.1, 0.15) is 52.0 Å². The maximum Gasteiger partial charge on any atom is 0.412 e. The highest BCUT2D eigenvalue weighted by atomic mass is 35.5. The highest BCUT2D eigenvalue weighted by Crippen LogP contribution is 2.34. The van der Waals surface area contributed by atoms with Crippen LogP contribution in [0.2, 0.25) is 5.02 Å². The van der Waals surface area contributed by atoms with Gasteiger partial charge in [0.25, 0.3) is 0 Å². The number of rotatable bonds is 3. The van der Waals surface area contributed by atoms with E-state index in [2.05, 4.69) is 23.6 Å². The van der Waals surface area contributed by atoms with Gasteiger partial charge in [-0.05, 0) is 76.2 Å². The Hall–Kier alpha value is -1.26. The van der Waals surface area contributed by atoms with Crippen LogP contribution in [-0.2, 0) is 4.74 Å². The monoisotopic (exact) mass is 338 g/mol. The molecular formula is C18H27ClN2O2. The molecule has 1 fully saturated rings. The second kappa shape index (κ2) is 7.54. The number of carbonyl (C=O) groups is 1. The lowest BCUT2D eigenvalue weighted by atomic mass is 9.81. The number of ether oxygens (including phenoxy) is 1. The fraction of sp³-hybridized carbons (Fsp3) is 0.611. The van der Waals surface area contributed by atoms with Crippen LogP contribution in [0.15, 0.2) is 18.2 Å². The summed E-state index contributed by atoms with van der Waals surface area (Å²) in [6.07, 6.45) is 1.88. The first-order chi connectivity index (χ1) is 10.8. The number of nitrogens with one attached hydrogen (secondary N) is 2. The van der Waals surface area contributed by atoms with E-state index in [1.807, 2.05) is 32.9 Å². The van der Waals surface area contributed by atoms with E-state index < -0.39 is 11.7 Å². The van der Waals surface area contributed by atoms with Gasteiger partial charge in [-0.1, -0.05) is 24.6 Å². The van der Waals surface area contributed by atoms with E-state index in [-0.39, 0.29) is 0 Å². The van der Waals surface area contributed by atoms with Crippen molar-refractivity contribution in [1.82, 2.24) is 5.32 Å². The van der Waals surface area contributed by atoms with E-state index in [1.165, 1.54) is 18.4 Å². The number of amides is 1. The minimum atomic E-state index is -0.531. The van der Waals surface area contributed by atoms with Gasteiger partial charge in [-0.3, -0.25) is 5.32 Å². The molecule has 1 aromatic rings. The highest BCUT2D eigenvalue weighted by Gasteiger charge is 2.22. The molecule has 1 aliphatic heterocycles. The van der Waals surface area contributed by atoms with Crippen LogP contribution in [0.4, 0.5) is 10.5 Å². The summed E-state index contributed by atoms with van der Waals surface area (Å²) in [7, 11) is 0. The van der Waals surface area contributed by atoms with Crippen molar-refractivity contribution >= 4 is 23.4 Å². The van der Waals surface area contributed by atoms with Gasteiger partial charge in [-0.25, -0.2) is 4.79 Å². The van der Waals surface area contributed by atoms with Gasteiger partial charge in [0, 0.05) is 0 Å². The molecule has 0 radical (unpaired) electrons. The maximum atomic E-state index is 12.0. The van der Waals surface area contributed by atoms with Crippen LogP contribution in [0.5, 0.6) is 0 Å². The number of hydrogen-bond acceptors (Lipinski definition) is 3. The number of halogens is 1. The van der Waals surface area contributed by atoms with E-state index >= 15 is 0 Å². The van der Waals surface area contributed by atoms with E-state index in [9.17, 15) is 4.79 Å². The normalized spacial score (nSPS) is 17.6. The highest BCUT2D eigenvalue weighted by molar-refractivity contribution is 6.33. The van der Waals surface area contributed by atoms with Gasteiger partial charge in [-0.2, -0.15) is 0 Å². The molecule has 1 aliphatic rings. The average Bonchev–Trinajstić information content (AvgIpc) is 2.48. The predicted molar refractivity (Wildman–Crippen MR) is 95.3 cm³/mol. The molecule has 1 amide bonds. The molecule has 2 N–H and O–H groups in total. The summed E-state index contributed by atoms with van der Waals surface area (Å²) in [5.41, 5.74) is 1.28. The zero-order chi connectivity index (χ0) is 17.0. The average molecular weight is 339 g/mol. The van der Waals surface area contributed by atoms with Crippen LogP contribution in [0, 0.1) is 5.92 Å². The van der Waals surface area contributed by atoms with Crippen LogP contribution >= 0.6 is 11.6 Å². The van der Waals surface area contributed by atoms with Crippen molar-refractivity contribution < 1.29 is 9.53 Å². The third-order valence-corrected chi connectivity index (χ3v) is 4.57. The topological polar surface area (TPSA) is 50.4 Å². The predicted octanol–water partition coefficient (Wildman–Crippen LogP) is 4.79. The van der Waals surface area contributed by atoms with Gasteiger partial charge >= 0.3 is 6.09 Å². The SMILES string of the molecule is CC(c1ccc(Cl)c(NC(=O)OC(C)(C)C)c1)C1CCNCC1. The molecule has 0 spiro atoms. The quantitative estimate of drug-likeness (QED) is 0.833. The van der Waals surface area contributed by atoms with Crippen molar-refractivity contribution in [3.63, 3.8) is 0 Å². The zero-order valence-corrected chi connectivity index (χ0v) is 15.2. The lowest BCUT2D eigenvalue weighted by Gasteiger charge is -2.29. The van der Waals surface area contributed by atoms with Crippen molar-refractivity contribution in [2.75, 3.05) is 18.4 Å². The fourth-order valence-corrected chi connectivity index (χ4v) is 3.12. The Morgan fingerprint density at radius 2 is 2.00 bits per heavy atom. The van der Waals surface area contributed by atoms with Crippen LogP contribution in [0.3, 0.4) is 0 Å². The van der Waals surface area contributed by atoms with Crippen LogP contribution in [-0.4, -0.2) is 24.8 Å². The van der Waals surface area contributed by atoms with Crippen LogP contribution in [0.25, 0.3) is 0 Å². The molecule has 23 heavy (non-hydrogen) atoms. The lowest BCUT2D eigenvalue weighted by Crippen LogP contribution is -2.30. The van der Waals surface area contributed by atoms with Gasteiger partial charge in [-0.15, -0.1) is 0 Å². The summed E-state index contributed by atoms with van der Waals surface area (Å²) >= 11 is 6.22. The zero-order valence-electron chi connectivity index (χ0n) is 14.4. The largest absolute Gasteiger partial charge is 0.444 e. The molecule has 128 valence electrons. The van der Waals surface area contributed by atoms with Crippen molar-refractivity contribution in [2.24, 2.45) is 5.92 Å². The number of anilines is 1. The molecule has 4 nitrogen and oxygen atoms in total. The summed E-state index contributed by atoms with van der Waals surface area (Å²) in [5, 5.41) is 6.68. The molecule has 5 heteroatoms. The summed E-state index contributed by atoms with van der Waals surface area (Å²) < 4.78 is 5.30. The van der Waals surface area contributed by atoms with Crippen LogP contribution < -0.4 is 10.6 Å². The first-order valence-electron chi connectivity index (χ1n) is 8.26. The number of carbonyl (C=O) groups excluding carboxylic acids is 1. The third kappa shape index (κ3) is 5.40. The molecule has 0 aromatic heterocycles. The first kappa shape index (κ1) is 18.1. The van der Waals surface area contributed by atoms with Gasteiger partial charge < -0.3 is 10.1 Å². The molecule has 0 saturated carbocycles. The molecule has 0 bridgehead atoms. The number of piperidine rings is 1. The molecule has 2 rings (SSSR count). The van der Waals surface area contributed by atoms with Crippen molar-refractivity contribution in [1.29, 1.82) is 0 Å². The summed E-state index contributed by atoms with van der Waals surface area (Å²) in [4.78, 5) is 12.0. The molecule has 1 unspecified atom stereocenters. The van der Waals surface area contributed by atoms with E-state index in [4.69, 9.17) is 16.3 Å². The Labute approximate surface area is 143 Å². The van der Waals surface area contributed by atoms with E-state index in [1.54, 1.807) is 0 Å². The van der Waals surface area contributed by atoms with Gasteiger partial charge in [0.1, 0.15) is 5.60 Å². The maximum absolute atomic E-state index is 12.0. The molecule has 1 aromatic carbocycles. The summed E-state index contributed by atoms with van der Waals surface area (Å²) in [6, 6.07) is 5.87. The Kier molecular flexibility index (Phi) is 5.93. The molecular weight excluding hydrogens is 312 g/mol.